The molecule has 2 rings (SSSR count). The number of nitrogens with zero attached hydrogens (tertiary/aromatic N) is 3. The number of hydrogen-bond acceptors (Lipinski definition) is 4. The minimum absolute atomic E-state index is 0.181. The summed E-state index contributed by atoms with van der Waals surface area (Å²) in [6.45, 7) is 2.93. The fraction of sp³-hybridized carbons (Fsp3) is 0.250. The minimum Gasteiger partial charge on any atom is -0.378 e. The summed E-state index contributed by atoms with van der Waals surface area (Å²) in [5.74, 6) is -0.662. The molecule has 0 amide bonds. The number of nitrogens with one attached hydrogen (secondary N) is 1. The molecule has 0 aliphatic carbocycles. The van der Waals surface area contributed by atoms with Crippen molar-refractivity contribution in [1.29, 1.82) is 0 Å². The Balaban J connectivity index is 2.08. The quantitative estimate of drug-likeness (QED) is 0.669. The van der Waals surface area contributed by atoms with Gasteiger partial charge in [-0.2, -0.15) is 5.10 Å². The maximum absolute atomic E-state index is 13.3. The molecule has 6 nitrogen and oxygen atoms in total. The Labute approximate surface area is 122 Å². The predicted molar refractivity (Wildman–Crippen MR) is 76.2 cm³/mol. The number of aryl methyl sites for hydroxylation is 1. The topological polar surface area (TPSA) is 73.0 Å². The molecular formula is C12H12BrFN4O2. The first kappa shape index (κ1) is 14.4. The van der Waals surface area contributed by atoms with Crippen LogP contribution in [0, 0.1) is 22.9 Å². The lowest BCUT2D eigenvalue weighted by Gasteiger charge is -2.08. The van der Waals surface area contributed by atoms with Crippen molar-refractivity contribution in [3.8, 4) is 0 Å². The SMILES string of the molecule is Cc1cnn(CCNc2cc(Br)c(F)cc2[N+](=O)[O-])c1. The summed E-state index contributed by atoms with van der Waals surface area (Å²) in [5.41, 5.74) is 1.02. The van der Waals surface area contributed by atoms with Crippen LogP contribution in [0.15, 0.2) is 29.0 Å². The molecule has 0 radical (unpaired) electrons. The molecule has 20 heavy (non-hydrogen) atoms. The zero-order chi connectivity index (χ0) is 14.7. The molecule has 8 heteroatoms. The third kappa shape index (κ3) is 3.32. The van der Waals surface area contributed by atoms with E-state index in [1.807, 2.05) is 13.1 Å². The van der Waals surface area contributed by atoms with E-state index in [1.165, 1.54) is 6.07 Å². The Morgan fingerprint density at radius 1 is 1.55 bits per heavy atom. The van der Waals surface area contributed by atoms with E-state index in [0.717, 1.165) is 11.6 Å². The van der Waals surface area contributed by atoms with Crippen LogP contribution in [0.2, 0.25) is 0 Å². The highest BCUT2D eigenvalue weighted by molar-refractivity contribution is 9.10. The van der Waals surface area contributed by atoms with Crippen LogP contribution in [-0.2, 0) is 6.54 Å². The van der Waals surface area contributed by atoms with Crippen molar-refractivity contribution in [1.82, 2.24) is 9.78 Å². The summed E-state index contributed by atoms with van der Waals surface area (Å²) in [4.78, 5) is 10.3. The van der Waals surface area contributed by atoms with Crippen LogP contribution in [-0.4, -0.2) is 21.2 Å². The molecule has 0 saturated heterocycles. The monoisotopic (exact) mass is 342 g/mol. The number of aromatic nitrogens is 2. The molecule has 0 aliphatic heterocycles. The van der Waals surface area contributed by atoms with Gasteiger partial charge in [-0.25, -0.2) is 4.39 Å². The summed E-state index contributed by atoms with van der Waals surface area (Å²) in [6, 6.07) is 2.26. The average molecular weight is 343 g/mol. The highest BCUT2D eigenvalue weighted by Crippen LogP contribution is 2.30. The second-order valence-corrected chi connectivity index (χ2v) is 5.10. The Morgan fingerprint density at radius 2 is 2.30 bits per heavy atom. The van der Waals surface area contributed by atoms with Gasteiger partial charge >= 0.3 is 0 Å². The molecule has 0 atom stereocenters. The van der Waals surface area contributed by atoms with Gasteiger partial charge in [0.25, 0.3) is 5.69 Å². The highest BCUT2D eigenvalue weighted by Gasteiger charge is 2.17. The number of anilines is 1. The van der Waals surface area contributed by atoms with Crippen LogP contribution in [0.3, 0.4) is 0 Å². The smallest absolute Gasteiger partial charge is 0.295 e. The summed E-state index contributed by atoms with van der Waals surface area (Å²) in [7, 11) is 0. The second-order valence-electron chi connectivity index (χ2n) is 4.25. The van der Waals surface area contributed by atoms with Crippen molar-refractivity contribution < 1.29 is 9.31 Å². The van der Waals surface area contributed by atoms with Gasteiger partial charge < -0.3 is 5.32 Å². The Hall–Kier alpha value is -1.96. The largest absolute Gasteiger partial charge is 0.378 e. The molecule has 0 unspecified atom stereocenters. The highest BCUT2D eigenvalue weighted by atomic mass is 79.9. The maximum Gasteiger partial charge on any atom is 0.295 e. The third-order valence-electron chi connectivity index (χ3n) is 2.65. The van der Waals surface area contributed by atoms with Crippen LogP contribution >= 0.6 is 15.9 Å². The molecule has 106 valence electrons. The van der Waals surface area contributed by atoms with E-state index in [4.69, 9.17) is 0 Å². The summed E-state index contributed by atoms with van der Waals surface area (Å²) in [5, 5.41) is 17.9. The van der Waals surface area contributed by atoms with E-state index in [0.29, 0.717) is 13.1 Å². The number of nitro groups is 1. The van der Waals surface area contributed by atoms with E-state index >= 15 is 0 Å². The number of benzene rings is 1. The molecule has 1 aromatic heterocycles. The Morgan fingerprint density at radius 3 is 2.90 bits per heavy atom. The lowest BCUT2D eigenvalue weighted by atomic mass is 10.2. The Bertz CT molecular complexity index is 644. The van der Waals surface area contributed by atoms with Crippen LogP contribution in [0.1, 0.15) is 5.56 Å². The number of rotatable bonds is 5. The lowest BCUT2D eigenvalue weighted by Crippen LogP contribution is -2.12. The molecule has 0 spiro atoms. The zero-order valence-electron chi connectivity index (χ0n) is 10.6. The molecule has 0 saturated carbocycles. The van der Waals surface area contributed by atoms with Gasteiger partial charge in [0.05, 0.1) is 28.2 Å². The van der Waals surface area contributed by atoms with Gasteiger partial charge in [-0.3, -0.25) is 14.8 Å². The van der Waals surface area contributed by atoms with Crippen molar-refractivity contribution in [3.05, 3.63) is 50.5 Å². The van der Waals surface area contributed by atoms with Crippen LogP contribution in [0.25, 0.3) is 0 Å². The molecule has 0 aliphatic rings. The summed E-state index contributed by atoms with van der Waals surface area (Å²) >= 11 is 3.01. The first-order chi connectivity index (χ1) is 9.47. The van der Waals surface area contributed by atoms with Gasteiger partial charge in [0.15, 0.2) is 0 Å². The van der Waals surface area contributed by atoms with Gasteiger partial charge in [0, 0.05) is 12.7 Å². The predicted octanol–water partition coefficient (Wildman–Crippen LogP) is 3.11. The molecule has 1 N–H and O–H groups in total. The van der Waals surface area contributed by atoms with Crippen LogP contribution in [0.5, 0.6) is 0 Å². The standard InChI is InChI=1S/C12H12BrFN4O2/c1-8-6-16-17(7-8)3-2-15-11-4-9(13)10(14)5-12(11)18(19)20/h4-7,15H,2-3H2,1H3. The van der Waals surface area contributed by atoms with E-state index in [2.05, 4.69) is 26.3 Å². The van der Waals surface area contributed by atoms with Gasteiger partial charge in [0.1, 0.15) is 11.5 Å². The lowest BCUT2D eigenvalue weighted by molar-refractivity contribution is -0.384. The van der Waals surface area contributed by atoms with Gasteiger partial charge in [-0.1, -0.05) is 0 Å². The molecule has 1 aromatic carbocycles. The summed E-state index contributed by atoms with van der Waals surface area (Å²) in [6.07, 6.45) is 3.60. The van der Waals surface area contributed by atoms with Crippen molar-refractivity contribution >= 4 is 27.3 Å². The minimum atomic E-state index is -0.662. The zero-order valence-corrected chi connectivity index (χ0v) is 12.2. The van der Waals surface area contributed by atoms with E-state index in [-0.39, 0.29) is 15.8 Å². The first-order valence-corrected chi connectivity index (χ1v) is 6.63. The van der Waals surface area contributed by atoms with E-state index in [9.17, 15) is 14.5 Å². The van der Waals surface area contributed by atoms with Crippen molar-refractivity contribution in [2.75, 3.05) is 11.9 Å². The van der Waals surface area contributed by atoms with Crippen molar-refractivity contribution in [3.63, 3.8) is 0 Å². The first-order valence-electron chi connectivity index (χ1n) is 5.83. The normalized spacial score (nSPS) is 10.6. The molecule has 2 aromatic rings. The fourth-order valence-corrected chi connectivity index (χ4v) is 2.07. The number of halogens is 2. The fourth-order valence-electron chi connectivity index (χ4n) is 1.72. The van der Waals surface area contributed by atoms with Crippen molar-refractivity contribution in [2.24, 2.45) is 0 Å². The van der Waals surface area contributed by atoms with Crippen LogP contribution < -0.4 is 5.32 Å². The van der Waals surface area contributed by atoms with Gasteiger partial charge in [-0.15, -0.1) is 0 Å². The van der Waals surface area contributed by atoms with Crippen molar-refractivity contribution in [2.45, 2.75) is 13.5 Å². The van der Waals surface area contributed by atoms with Gasteiger partial charge in [0.2, 0.25) is 0 Å². The maximum atomic E-state index is 13.3. The average Bonchev–Trinajstić information content (AvgIpc) is 2.79. The summed E-state index contributed by atoms with van der Waals surface area (Å²) < 4.78 is 15.2. The second kappa shape index (κ2) is 6.00. The van der Waals surface area contributed by atoms with E-state index < -0.39 is 10.7 Å². The third-order valence-corrected chi connectivity index (χ3v) is 3.26. The molecule has 0 bridgehead atoms. The van der Waals surface area contributed by atoms with Crippen LogP contribution in [0.4, 0.5) is 15.8 Å². The molecule has 0 fully saturated rings. The molecule has 1 heterocycles. The van der Waals surface area contributed by atoms with E-state index in [1.54, 1.807) is 10.9 Å². The molecular weight excluding hydrogens is 331 g/mol. The number of hydrogen-bond donors (Lipinski definition) is 1. The van der Waals surface area contributed by atoms with Gasteiger partial charge in [-0.05, 0) is 34.5 Å². The Kier molecular flexibility index (Phi) is 4.33. The number of nitro benzene ring substituents is 1.